The number of ether oxygens (including phenoxy) is 1. The van der Waals surface area contributed by atoms with Gasteiger partial charge in [0.25, 0.3) is 0 Å². The molecule has 0 aromatic heterocycles. The summed E-state index contributed by atoms with van der Waals surface area (Å²) < 4.78 is 6.69. The fraction of sp³-hybridized carbons (Fsp3) is 0.154. The molecule has 388 valence electrons. The number of aryl methyl sites for hydroxylation is 2. The Morgan fingerprint density at radius 2 is 0.887 bits per heavy atom. The highest BCUT2D eigenvalue weighted by Gasteiger charge is 2.46. The molecule has 0 amide bonds. The summed E-state index contributed by atoms with van der Waals surface area (Å²) in [6.45, 7) is 9.43. The van der Waals surface area contributed by atoms with E-state index in [0.717, 1.165) is 41.4 Å². The Morgan fingerprint density at radius 3 is 1.54 bits per heavy atom. The Bertz CT molecular complexity index is 4060. The van der Waals surface area contributed by atoms with Gasteiger partial charge in [0, 0.05) is 22.5 Å². The lowest BCUT2D eigenvalue weighted by Crippen LogP contribution is -2.28. The number of nitrogens with zero attached hydrogens (tertiary/aromatic N) is 1. The summed E-state index contributed by atoms with van der Waals surface area (Å²) in [4.78, 5) is 2.46. The van der Waals surface area contributed by atoms with Crippen LogP contribution in [-0.2, 0) is 23.7 Å². The largest absolute Gasteiger partial charge is 0.457 e. The molecule has 3 aliphatic carbocycles. The first kappa shape index (κ1) is 49.3. The summed E-state index contributed by atoms with van der Waals surface area (Å²) in [5.74, 6) is 2.53. The van der Waals surface area contributed by atoms with Crippen LogP contribution in [0.25, 0.3) is 44.5 Å². The Hall–Kier alpha value is -8.98. The van der Waals surface area contributed by atoms with Gasteiger partial charge >= 0.3 is 0 Å². The molecule has 0 heterocycles. The summed E-state index contributed by atoms with van der Waals surface area (Å²) >= 11 is 0. The Labute approximate surface area is 472 Å². The zero-order chi connectivity index (χ0) is 54.0. The molecule has 11 aromatic carbocycles. The van der Waals surface area contributed by atoms with E-state index in [0.29, 0.717) is 11.8 Å². The van der Waals surface area contributed by atoms with Crippen LogP contribution in [0.15, 0.2) is 261 Å². The summed E-state index contributed by atoms with van der Waals surface area (Å²) in [6, 6.07) is 97.1. The average molecular weight is 1030 g/mol. The third-order valence-electron chi connectivity index (χ3n) is 18.2. The summed E-state index contributed by atoms with van der Waals surface area (Å²) in [6.07, 6.45) is 4.63. The van der Waals surface area contributed by atoms with Gasteiger partial charge in [-0.3, -0.25) is 0 Å². The van der Waals surface area contributed by atoms with Crippen LogP contribution in [0, 0.1) is 0 Å². The van der Waals surface area contributed by atoms with E-state index in [4.69, 9.17) is 4.74 Å². The van der Waals surface area contributed by atoms with Gasteiger partial charge in [-0.1, -0.05) is 228 Å². The van der Waals surface area contributed by atoms with E-state index in [2.05, 4.69) is 293 Å². The second-order valence-electron chi connectivity index (χ2n) is 23.1. The maximum Gasteiger partial charge on any atom is 0.127 e. The second-order valence-corrected chi connectivity index (χ2v) is 23.1. The minimum atomic E-state index is -0.620. The van der Waals surface area contributed by atoms with E-state index in [-0.39, 0.29) is 5.41 Å². The van der Waals surface area contributed by atoms with Crippen molar-refractivity contribution in [1.82, 2.24) is 0 Å². The first-order chi connectivity index (χ1) is 39.2. The zero-order valence-electron chi connectivity index (χ0n) is 46.2. The lowest BCUT2D eigenvalue weighted by molar-refractivity contribution is 0.481. The van der Waals surface area contributed by atoms with Crippen molar-refractivity contribution in [2.24, 2.45) is 0 Å². The number of rotatable bonds is 14. The quantitative estimate of drug-likeness (QED) is 0.108. The number of hydrogen-bond donors (Lipinski definition) is 0. The van der Waals surface area contributed by atoms with Gasteiger partial charge in [0.05, 0.1) is 5.41 Å². The molecule has 3 atom stereocenters. The Morgan fingerprint density at radius 1 is 0.400 bits per heavy atom. The van der Waals surface area contributed by atoms with Crippen LogP contribution in [0.1, 0.15) is 108 Å². The smallest absolute Gasteiger partial charge is 0.127 e. The summed E-state index contributed by atoms with van der Waals surface area (Å²) in [7, 11) is 0. The number of hydrogen-bond acceptors (Lipinski definition) is 2. The molecular weight excluding hydrogens is 967 g/mol. The molecular formula is C78H65NO. The fourth-order valence-electron chi connectivity index (χ4n) is 13.8. The predicted octanol–water partition coefficient (Wildman–Crippen LogP) is 20.7. The van der Waals surface area contributed by atoms with Crippen LogP contribution in [0.3, 0.4) is 0 Å². The second kappa shape index (κ2) is 20.0. The van der Waals surface area contributed by atoms with Crippen molar-refractivity contribution in [3.8, 4) is 56.0 Å². The molecule has 2 nitrogen and oxygen atoms in total. The summed E-state index contributed by atoms with van der Waals surface area (Å²) in [5.41, 5.74) is 26.1. The van der Waals surface area contributed by atoms with Crippen LogP contribution in [0.2, 0.25) is 0 Å². The van der Waals surface area contributed by atoms with Gasteiger partial charge in [-0.25, -0.2) is 0 Å². The third kappa shape index (κ3) is 8.40. The van der Waals surface area contributed by atoms with Crippen LogP contribution >= 0.6 is 0 Å². The monoisotopic (exact) mass is 1030 g/mol. The molecule has 2 heteroatoms. The lowest BCUT2D eigenvalue weighted by atomic mass is 9.67. The normalized spacial score (nSPS) is 15.8. The van der Waals surface area contributed by atoms with Crippen LogP contribution < -0.4 is 9.64 Å². The van der Waals surface area contributed by atoms with Gasteiger partial charge in [-0.15, -0.1) is 0 Å². The number of benzene rings is 11. The third-order valence-corrected chi connectivity index (χ3v) is 18.2. The highest BCUT2D eigenvalue weighted by molar-refractivity contribution is 5.91. The maximum absolute atomic E-state index is 6.69. The van der Waals surface area contributed by atoms with Gasteiger partial charge in [-0.2, -0.15) is 0 Å². The van der Waals surface area contributed by atoms with Crippen molar-refractivity contribution in [3.05, 3.63) is 316 Å². The maximum atomic E-state index is 6.69. The average Bonchev–Trinajstić information content (AvgIpc) is 3.20. The molecule has 0 aliphatic heterocycles. The van der Waals surface area contributed by atoms with E-state index in [1.807, 2.05) is 0 Å². The molecule has 0 N–H and O–H groups in total. The van der Waals surface area contributed by atoms with E-state index in [1.54, 1.807) is 0 Å². The van der Waals surface area contributed by atoms with Gasteiger partial charge in [-0.05, 0) is 198 Å². The van der Waals surface area contributed by atoms with E-state index >= 15 is 0 Å². The van der Waals surface area contributed by atoms with E-state index in [9.17, 15) is 0 Å². The SMILES string of the molecule is CCC(CC(C)c1ccc(Oc2ccc(C3(c4ccccc4)c4ccccc4-c4ccc(N(c5ccc(-c6ccccc6)cc5)c5ccc6c(c5)C(C)(C)c5ccccc5-6)cc43)cc2)cc1)c1ccc(-c2ccc3c(c2)CC3)cc1. The Balaban J connectivity index is 0.788. The standard InChI is InChI=1S/C78H65NO/c1-5-53(56-24-26-58(27-25-56)60-30-28-59-29-31-61(59)49-60)48-52(2)54-34-42-67(43-35-54)80-68-44-36-63(37-45-68)78(62-18-10-7-11-19-62)74-23-15-13-21-70(74)72-47-41-66(51-76(72)78)79(64-38-32-57(33-39-64)55-16-8-6-9-17-55)65-40-46-71-69-20-12-14-22-73(69)77(3,4)75(71)50-65/h6-28,30,32-47,49-53H,5,29,31,48H2,1-4H3. The molecule has 0 saturated heterocycles. The highest BCUT2D eigenvalue weighted by Crippen LogP contribution is 2.58. The van der Waals surface area contributed by atoms with Gasteiger partial charge in [0.15, 0.2) is 0 Å². The van der Waals surface area contributed by atoms with Crippen molar-refractivity contribution in [3.63, 3.8) is 0 Å². The van der Waals surface area contributed by atoms with Gasteiger partial charge < -0.3 is 9.64 Å². The molecule has 0 radical (unpaired) electrons. The molecule has 3 unspecified atom stereocenters. The van der Waals surface area contributed by atoms with Gasteiger partial charge in [0.2, 0.25) is 0 Å². The molecule has 11 aromatic rings. The molecule has 3 aliphatic rings. The molecule has 80 heavy (non-hydrogen) atoms. The van der Waals surface area contributed by atoms with Crippen LogP contribution in [0.4, 0.5) is 17.1 Å². The fourth-order valence-corrected chi connectivity index (χ4v) is 13.8. The van der Waals surface area contributed by atoms with Crippen molar-refractivity contribution in [2.45, 2.75) is 76.0 Å². The summed E-state index contributed by atoms with van der Waals surface area (Å²) in [5, 5.41) is 0. The predicted molar refractivity (Wildman–Crippen MR) is 333 cm³/mol. The minimum absolute atomic E-state index is 0.152. The zero-order valence-corrected chi connectivity index (χ0v) is 46.2. The molecule has 0 spiro atoms. The van der Waals surface area contributed by atoms with Crippen molar-refractivity contribution in [1.29, 1.82) is 0 Å². The van der Waals surface area contributed by atoms with E-state index in [1.165, 1.54) is 113 Å². The molecule has 0 saturated carbocycles. The first-order valence-electron chi connectivity index (χ1n) is 28.8. The number of anilines is 3. The lowest BCUT2D eigenvalue weighted by Gasteiger charge is -2.35. The highest BCUT2D eigenvalue weighted by atomic mass is 16.5. The molecule has 14 rings (SSSR count). The first-order valence-corrected chi connectivity index (χ1v) is 28.8. The van der Waals surface area contributed by atoms with Crippen LogP contribution in [0.5, 0.6) is 11.5 Å². The van der Waals surface area contributed by atoms with Crippen molar-refractivity contribution >= 4 is 17.1 Å². The number of fused-ring (bicyclic) bond motifs is 7. The minimum Gasteiger partial charge on any atom is -0.457 e. The molecule has 0 fully saturated rings. The van der Waals surface area contributed by atoms with E-state index < -0.39 is 5.41 Å². The van der Waals surface area contributed by atoms with Crippen molar-refractivity contribution < 1.29 is 4.74 Å². The topological polar surface area (TPSA) is 12.5 Å². The van der Waals surface area contributed by atoms with Crippen molar-refractivity contribution in [2.75, 3.05) is 4.90 Å². The van der Waals surface area contributed by atoms with Crippen LogP contribution in [-0.4, -0.2) is 0 Å². The molecule has 0 bridgehead atoms. The van der Waals surface area contributed by atoms with Gasteiger partial charge in [0.1, 0.15) is 11.5 Å². The Kier molecular flexibility index (Phi) is 12.4.